The number of hydrogen-bond acceptors (Lipinski definition) is 9. The van der Waals surface area contributed by atoms with E-state index in [1.807, 2.05) is 0 Å². The zero-order chi connectivity index (χ0) is 23.8. The highest BCUT2D eigenvalue weighted by atomic mass is 16.6. The number of anilines is 1. The van der Waals surface area contributed by atoms with Crippen molar-refractivity contribution in [2.75, 3.05) is 11.9 Å². The molecule has 6 atom stereocenters. The van der Waals surface area contributed by atoms with Crippen LogP contribution in [0, 0.1) is 13.8 Å². The molecule has 0 radical (unpaired) electrons. The van der Waals surface area contributed by atoms with Crippen molar-refractivity contribution >= 4 is 17.0 Å². The molecular formula is C24H31N5O5. The Balaban J connectivity index is 1.33. The van der Waals surface area contributed by atoms with E-state index in [0.717, 1.165) is 19.3 Å². The quantitative estimate of drug-likeness (QED) is 0.407. The minimum absolute atomic E-state index is 0.0477. The van der Waals surface area contributed by atoms with Gasteiger partial charge in [-0.05, 0) is 49.8 Å². The lowest BCUT2D eigenvalue weighted by Gasteiger charge is -2.23. The van der Waals surface area contributed by atoms with Crippen LogP contribution in [0.2, 0.25) is 0 Å². The number of imidazole rings is 1. The summed E-state index contributed by atoms with van der Waals surface area (Å²) in [6.07, 6.45) is 1.79. The summed E-state index contributed by atoms with van der Waals surface area (Å²) in [5.41, 5.74) is 4.71. The number of nitrogens with zero attached hydrogens (tertiary/aromatic N) is 4. The van der Waals surface area contributed by atoms with Crippen LogP contribution in [-0.4, -0.2) is 71.9 Å². The number of benzene rings is 1. The molecule has 2 fully saturated rings. The molecular weight excluding hydrogens is 438 g/mol. The third-order valence-corrected chi connectivity index (χ3v) is 7.01. The summed E-state index contributed by atoms with van der Waals surface area (Å²) in [4.78, 5) is 13.2. The maximum Gasteiger partial charge on any atom is 0.167 e. The Morgan fingerprint density at radius 1 is 1.12 bits per heavy atom. The second-order valence-corrected chi connectivity index (χ2v) is 9.18. The molecule has 10 heteroatoms. The Bertz CT molecular complexity index is 1130. The summed E-state index contributed by atoms with van der Waals surface area (Å²) in [6.45, 7) is 4.39. The van der Waals surface area contributed by atoms with Crippen LogP contribution in [0.1, 0.15) is 42.2 Å². The van der Waals surface area contributed by atoms with Gasteiger partial charge in [0.1, 0.15) is 24.6 Å². The van der Waals surface area contributed by atoms with Crippen LogP contribution in [0.25, 0.3) is 11.2 Å². The second-order valence-electron chi connectivity index (χ2n) is 9.18. The Labute approximate surface area is 197 Å². The lowest BCUT2D eigenvalue weighted by atomic mass is 10.0. The maximum atomic E-state index is 10.4. The Morgan fingerprint density at radius 2 is 1.91 bits per heavy atom. The van der Waals surface area contributed by atoms with Gasteiger partial charge in [-0.1, -0.05) is 18.2 Å². The van der Waals surface area contributed by atoms with E-state index in [-0.39, 0.29) is 12.1 Å². The fourth-order valence-corrected chi connectivity index (χ4v) is 4.99. The highest BCUT2D eigenvalue weighted by molar-refractivity contribution is 5.82. The zero-order valence-corrected chi connectivity index (χ0v) is 19.3. The molecule has 6 unspecified atom stereocenters. The van der Waals surface area contributed by atoms with E-state index in [4.69, 9.17) is 9.47 Å². The molecule has 0 spiro atoms. The summed E-state index contributed by atoms with van der Waals surface area (Å²) >= 11 is 0. The van der Waals surface area contributed by atoms with Crippen LogP contribution in [-0.2, 0) is 16.1 Å². The highest BCUT2D eigenvalue weighted by Gasteiger charge is 2.44. The second kappa shape index (κ2) is 9.55. The highest BCUT2D eigenvalue weighted by Crippen LogP contribution is 2.33. The van der Waals surface area contributed by atoms with Crippen LogP contribution in [0.15, 0.2) is 30.9 Å². The minimum Gasteiger partial charge on any atom is -0.394 e. The normalized spacial score (nSPS) is 29.2. The number of aliphatic hydroxyl groups is 3. The van der Waals surface area contributed by atoms with E-state index in [1.165, 1.54) is 29.3 Å². The Morgan fingerprint density at radius 3 is 2.65 bits per heavy atom. The summed E-state index contributed by atoms with van der Waals surface area (Å²) in [5.74, 6) is 0.586. The average molecular weight is 470 g/mol. The van der Waals surface area contributed by atoms with Gasteiger partial charge in [0.25, 0.3) is 0 Å². The number of aliphatic hydroxyl groups excluding tert-OH is 3. The van der Waals surface area contributed by atoms with E-state index in [0.29, 0.717) is 23.6 Å². The molecule has 10 nitrogen and oxygen atoms in total. The third-order valence-electron chi connectivity index (χ3n) is 7.01. The molecule has 1 aromatic carbocycles. The number of aromatic nitrogens is 4. The van der Waals surface area contributed by atoms with Gasteiger partial charge in [0.05, 0.1) is 31.7 Å². The maximum absolute atomic E-state index is 10.4. The standard InChI is InChI=1S/C24H31N5O5/c1-13-5-3-6-14(2)15(13)10-33-17-8-4-7-16(17)28-22-19-23(26-11-25-22)29(12-27-19)24-21(32)20(31)18(9-30)34-24/h3,5-6,11-12,16-18,20-21,24,30-32H,4,7-10H2,1-2H3,(H,25,26,28). The van der Waals surface area contributed by atoms with E-state index < -0.39 is 31.1 Å². The van der Waals surface area contributed by atoms with Gasteiger partial charge in [-0.25, -0.2) is 15.0 Å². The van der Waals surface area contributed by atoms with Gasteiger partial charge >= 0.3 is 0 Å². The summed E-state index contributed by atoms with van der Waals surface area (Å²) in [7, 11) is 0. The number of fused-ring (bicyclic) bond motifs is 1. The van der Waals surface area contributed by atoms with Gasteiger partial charge in [0, 0.05) is 0 Å². The fourth-order valence-electron chi connectivity index (χ4n) is 4.99. The van der Waals surface area contributed by atoms with Crippen molar-refractivity contribution in [1.29, 1.82) is 0 Å². The van der Waals surface area contributed by atoms with E-state index >= 15 is 0 Å². The van der Waals surface area contributed by atoms with Crippen LogP contribution in [0.4, 0.5) is 5.82 Å². The van der Waals surface area contributed by atoms with Gasteiger partial charge in [-0.2, -0.15) is 0 Å². The largest absolute Gasteiger partial charge is 0.394 e. The lowest BCUT2D eigenvalue weighted by Crippen LogP contribution is -2.33. The molecule has 1 aliphatic carbocycles. The predicted molar refractivity (Wildman–Crippen MR) is 124 cm³/mol. The first-order chi connectivity index (χ1) is 16.5. The first-order valence-electron chi connectivity index (χ1n) is 11.7. The molecule has 1 saturated carbocycles. The van der Waals surface area contributed by atoms with Crippen molar-refractivity contribution in [3.63, 3.8) is 0 Å². The van der Waals surface area contributed by atoms with Crippen molar-refractivity contribution in [2.24, 2.45) is 0 Å². The molecule has 3 heterocycles. The number of aryl methyl sites for hydroxylation is 2. The molecule has 5 rings (SSSR count). The molecule has 4 N–H and O–H groups in total. The monoisotopic (exact) mass is 469 g/mol. The van der Waals surface area contributed by atoms with Gasteiger partial charge in [0.15, 0.2) is 23.2 Å². The summed E-state index contributed by atoms with van der Waals surface area (Å²) in [6, 6.07) is 6.36. The number of rotatable bonds is 7. The van der Waals surface area contributed by atoms with Gasteiger partial charge in [-0.3, -0.25) is 4.57 Å². The topological polar surface area (TPSA) is 135 Å². The van der Waals surface area contributed by atoms with Gasteiger partial charge < -0.3 is 30.1 Å². The van der Waals surface area contributed by atoms with Gasteiger partial charge in [0.2, 0.25) is 0 Å². The molecule has 2 aliphatic rings. The fraction of sp³-hybridized carbons (Fsp3) is 0.542. The lowest BCUT2D eigenvalue weighted by molar-refractivity contribution is -0.0511. The van der Waals surface area contributed by atoms with Crippen molar-refractivity contribution in [2.45, 2.75) is 76.4 Å². The predicted octanol–water partition coefficient (Wildman–Crippen LogP) is 1.60. The van der Waals surface area contributed by atoms with Crippen molar-refractivity contribution in [1.82, 2.24) is 19.5 Å². The molecule has 1 aliphatic heterocycles. The molecule has 1 saturated heterocycles. The summed E-state index contributed by atoms with van der Waals surface area (Å²) < 4.78 is 13.6. The average Bonchev–Trinajstić information content (AvgIpc) is 3.52. The van der Waals surface area contributed by atoms with Crippen molar-refractivity contribution in [3.8, 4) is 0 Å². The summed E-state index contributed by atoms with van der Waals surface area (Å²) in [5, 5.41) is 33.4. The minimum atomic E-state index is -1.21. The molecule has 3 aromatic rings. The number of hydrogen-bond donors (Lipinski definition) is 4. The third kappa shape index (κ3) is 4.16. The SMILES string of the molecule is Cc1cccc(C)c1COC1CCCC1Nc1ncnc2c1ncn2C1OC(CO)C(O)C1O. The van der Waals surface area contributed by atoms with Crippen molar-refractivity contribution < 1.29 is 24.8 Å². The first-order valence-corrected chi connectivity index (χ1v) is 11.7. The first kappa shape index (κ1) is 23.1. The molecule has 0 bridgehead atoms. The Kier molecular flexibility index (Phi) is 6.50. The molecule has 2 aromatic heterocycles. The van der Waals surface area contributed by atoms with E-state index in [2.05, 4.69) is 52.3 Å². The zero-order valence-electron chi connectivity index (χ0n) is 19.3. The van der Waals surface area contributed by atoms with Crippen LogP contribution < -0.4 is 5.32 Å². The van der Waals surface area contributed by atoms with Crippen LogP contribution in [0.5, 0.6) is 0 Å². The van der Waals surface area contributed by atoms with E-state index in [9.17, 15) is 15.3 Å². The smallest absolute Gasteiger partial charge is 0.167 e. The molecule has 0 amide bonds. The van der Waals surface area contributed by atoms with Gasteiger partial charge in [-0.15, -0.1) is 0 Å². The van der Waals surface area contributed by atoms with Crippen LogP contribution >= 0.6 is 0 Å². The van der Waals surface area contributed by atoms with Crippen LogP contribution in [0.3, 0.4) is 0 Å². The van der Waals surface area contributed by atoms with Crippen molar-refractivity contribution in [3.05, 3.63) is 47.5 Å². The molecule has 182 valence electrons. The van der Waals surface area contributed by atoms with E-state index in [1.54, 1.807) is 4.57 Å². The number of nitrogens with one attached hydrogen (secondary N) is 1. The Hall–Kier alpha value is -2.63. The molecule has 34 heavy (non-hydrogen) atoms. The number of ether oxygens (including phenoxy) is 2.